The molecule has 5 rings (SSSR count). The lowest BCUT2D eigenvalue weighted by atomic mass is 9.62. The number of amides is 2. The van der Waals surface area contributed by atoms with Crippen molar-refractivity contribution in [3.8, 4) is 0 Å². The summed E-state index contributed by atoms with van der Waals surface area (Å²) in [7, 11) is 0. The first kappa shape index (κ1) is 25.7. The van der Waals surface area contributed by atoms with Crippen molar-refractivity contribution in [2.75, 3.05) is 19.6 Å². The predicted octanol–water partition coefficient (Wildman–Crippen LogP) is 3.61. The Kier molecular flexibility index (Phi) is 6.79. The standard InChI is InChI=1S/C28H32F3N3O3/c29-28(30,31)22-8-4-5-18(13-22)25(36)33-16-24(35)34-26(11-12-32-17-26)23-14-20-9-10-21(15-23)27(20,37)19-6-2-1-3-7-19/h1-8,13,20-21,23,32,37H,9-12,14-17H2,(H,33,36)(H,34,35)/t20?,21?,23-,26-,27+/m0/s1. The average molecular weight is 516 g/mol. The zero-order valence-electron chi connectivity index (χ0n) is 20.5. The highest BCUT2D eigenvalue weighted by molar-refractivity contribution is 5.96. The fraction of sp³-hybridized carbons (Fsp3) is 0.500. The van der Waals surface area contributed by atoms with Crippen LogP contribution in [0.4, 0.5) is 13.2 Å². The van der Waals surface area contributed by atoms with Gasteiger partial charge in [-0.25, -0.2) is 0 Å². The van der Waals surface area contributed by atoms with Crippen molar-refractivity contribution >= 4 is 11.8 Å². The number of carbonyl (C=O) groups is 2. The number of benzene rings is 2. The first-order chi connectivity index (χ1) is 17.6. The molecule has 3 aliphatic rings. The molecule has 6 nitrogen and oxygen atoms in total. The molecule has 198 valence electrons. The zero-order valence-corrected chi connectivity index (χ0v) is 20.5. The molecule has 3 atom stereocenters. The number of rotatable bonds is 6. The fourth-order valence-corrected chi connectivity index (χ4v) is 6.87. The van der Waals surface area contributed by atoms with Gasteiger partial charge in [-0.05, 0) is 80.2 Å². The maximum absolute atomic E-state index is 13.0. The minimum atomic E-state index is -4.55. The van der Waals surface area contributed by atoms with Gasteiger partial charge in [-0.2, -0.15) is 13.2 Å². The highest BCUT2D eigenvalue weighted by atomic mass is 19.4. The number of halogens is 3. The van der Waals surface area contributed by atoms with Gasteiger partial charge in [0.15, 0.2) is 0 Å². The van der Waals surface area contributed by atoms with Gasteiger partial charge >= 0.3 is 6.18 Å². The summed E-state index contributed by atoms with van der Waals surface area (Å²) in [6.45, 7) is 1.03. The van der Waals surface area contributed by atoms with Gasteiger partial charge in [0.1, 0.15) is 0 Å². The summed E-state index contributed by atoms with van der Waals surface area (Å²) >= 11 is 0. The van der Waals surface area contributed by atoms with Gasteiger partial charge in [-0.15, -0.1) is 0 Å². The van der Waals surface area contributed by atoms with E-state index in [4.69, 9.17) is 0 Å². The number of hydrogen-bond acceptors (Lipinski definition) is 4. The summed E-state index contributed by atoms with van der Waals surface area (Å²) in [5.74, 6) is -0.724. The van der Waals surface area contributed by atoms with Crippen molar-refractivity contribution in [1.82, 2.24) is 16.0 Å². The molecule has 2 aromatic rings. The zero-order chi connectivity index (χ0) is 26.3. The molecule has 1 heterocycles. The second kappa shape index (κ2) is 9.76. The van der Waals surface area contributed by atoms with E-state index in [0.29, 0.717) is 6.54 Å². The van der Waals surface area contributed by atoms with Crippen molar-refractivity contribution in [2.24, 2.45) is 17.8 Å². The van der Waals surface area contributed by atoms with Crippen molar-refractivity contribution in [3.05, 3.63) is 71.3 Å². The van der Waals surface area contributed by atoms with Crippen LogP contribution in [0, 0.1) is 17.8 Å². The predicted molar refractivity (Wildman–Crippen MR) is 131 cm³/mol. The Hall–Kier alpha value is -2.91. The Bertz CT molecular complexity index is 1130. The molecule has 0 radical (unpaired) electrons. The number of alkyl halides is 3. The van der Waals surface area contributed by atoms with Crippen LogP contribution in [-0.2, 0) is 16.6 Å². The van der Waals surface area contributed by atoms with Crippen LogP contribution >= 0.6 is 0 Å². The second-order valence-electron chi connectivity index (χ2n) is 10.7. The van der Waals surface area contributed by atoms with Gasteiger partial charge in [0.2, 0.25) is 5.91 Å². The van der Waals surface area contributed by atoms with E-state index in [0.717, 1.165) is 56.3 Å². The van der Waals surface area contributed by atoms with Gasteiger partial charge in [-0.1, -0.05) is 36.4 Å². The molecule has 1 aliphatic heterocycles. The summed E-state index contributed by atoms with van der Waals surface area (Å²) in [4.78, 5) is 25.4. The van der Waals surface area contributed by atoms with Crippen molar-refractivity contribution < 1.29 is 27.9 Å². The molecule has 2 amide bonds. The molecule has 2 bridgehead atoms. The Balaban J connectivity index is 1.24. The highest BCUT2D eigenvalue weighted by Gasteiger charge is 2.58. The van der Waals surface area contributed by atoms with Crippen LogP contribution < -0.4 is 16.0 Å². The third kappa shape index (κ3) is 4.86. The number of carbonyl (C=O) groups excluding carboxylic acids is 2. The molecule has 0 spiro atoms. The van der Waals surface area contributed by atoms with Crippen molar-refractivity contribution in [3.63, 3.8) is 0 Å². The van der Waals surface area contributed by atoms with E-state index in [1.807, 2.05) is 30.3 Å². The van der Waals surface area contributed by atoms with Crippen LogP contribution in [-0.4, -0.2) is 42.1 Å². The molecule has 2 aromatic carbocycles. The number of hydrogen-bond donors (Lipinski definition) is 4. The van der Waals surface area contributed by atoms with E-state index in [1.165, 1.54) is 12.1 Å². The lowest BCUT2D eigenvalue weighted by Gasteiger charge is -2.49. The van der Waals surface area contributed by atoms with Crippen molar-refractivity contribution in [1.29, 1.82) is 0 Å². The average Bonchev–Trinajstić information content (AvgIpc) is 3.40. The minimum absolute atomic E-state index is 0.105. The molecular weight excluding hydrogens is 483 g/mol. The number of fused-ring (bicyclic) bond motifs is 2. The van der Waals surface area contributed by atoms with Gasteiger partial charge < -0.3 is 21.1 Å². The Morgan fingerprint density at radius 1 is 1.00 bits per heavy atom. The lowest BCUT2D eigenvalue weighted by molar-refractivity contribution is -0.137. The Morgan fingerprint density at radius 3 is 2.32 bits per heavy atom. The van der Waals surface area contributed by atoms with Crippen LogP contribution in [0.25, 0.3) is 0 Å². The minimum Gasteiger partial charge on any atom is -0.385 e. The summed E-state index contributed by atoms with van der Waals surface area (Å²) in [5, 5.41) is 20.7. The molecule has 2 unspecified atom stereocenters. The molecule has 1 saturated heterocycles. The number of aliphatic hydroxyl groups is 1. The van der Waals surface area contributed by atoms with E-state index in [9.17, 15) is 27.9 Å². The Labute approximate surface area is 214 Å². The molecule has 2 aliphatic carbocycles. The maximum Gasteiger partial charge on any atom is 0.416 e. The van der Waals surface area contributed by atoms with Crippen LogP contribution in [0.2, 0.25) is 0 Å². The molecule has 3 fully saturated rings. The van der Waals surface area contributed by atoms with E-state index < -0.39 is 28.8 Å². The van der Waals surface area contributed by atoms with Crippen LogP contribution in [0.5, 0.6) is 0 Å². The second-order valence-corrected chi connectivity index (χ2v) is 10.7. The first-order valence-electron chi connectivity index (χ1n) is 12.9. The van der Waals surface area contributed by atoms with Crippen LogP contribution in [0.15, 0.2) is 54.6 Å². The molecule has 37 heavy (non-hydrogen) atoms. The number of nitrogens with one attached hydrogen (secondary N) is 3. The van der Waals surface area contributed by atoms with Crippen molar-refractivity contribution in [2.45, 2.75) is 49.4 Å². The summed E-state index contributed by atoms with van der Waals surface area (Å²) in [6.07, 6.45) is -0.342. The largest absolute Gasteiger partial charge is 0.416 e. The summed E-state index contributed by atoms with van der Waals surface area (Å²) < 4.78 is 38.9. The summed E-state index contributed by atoms with van der Waals surface area (Å²) in [5.41, 5.74) is -1.45. The monoisotopic (exact) mass is 515 g/mol. The molecule has 9 heteroatoms. The van der Waals surface area contributed by atoms with Gasteiger partial charge in [0, 0.05) is 12.1 Å². The normalized spacial score (nSPS) is 31.2. The van der Waals surface area contributed by atoms with E-state index >= 15 is 0 Å². The van der Waals surface area contributed by atoms with Gasteiger partial charge in [0.25, 0.3) is 5.91 Å². The SMILES string of the molecule is O=C(CNC(=O)c1cccc(C(F)(F)F)c1)N[C@@]1([C@H]2CC3CCC(C2)[C@@]3(O)c2ccccc2)CCNC1. The highest BCUT2D eigenvalue weighted by Crippen LogP contribution is 2.58. The van der Waals surface area contributed by atoms with Crippen LogP contribution in [0.1, 0.15) is 53.6 Å². The van der Waals surface area contributed by atoms with Gasteiger partial charge in [0.05, 0.1) is 23.2 Å². The smallest absolute Gasteiger partial charge is 0.385 e. The lowest BCUT2D eigenvalue weighted by Crippen LogP contribution is -2.60. The fourth-order valence-electron chi connectivity index (χ4n) is 6.87. The van der Waals surface area contributed by atoms with E-state index in [-0.39, 0.29) is 35.8 Å². The third-order valence-electron chi connectivity index (χ3n) is 8.70. The quantitative estimate of drug-likeness (QED) is 0.473. The summed E-state index contributed by atoms with van der Waals surface area (Å²) in [6, 6.07) is 14.0. The van der Waals surface area contributed by atoms with Crippen LogP contribution in [0.3, 0.4) is 0 Å². The molecule has 4 N–H and O–H groups in total. The van der Waals surface area contributed by atoms with E-state index in [2.05, 4.69) is 16.0 Å². The maximum atomic E-state index is 13.0. The van der Waals surface area contributed by atoms with E-state index in [1.54, 1.807) is 0 Å². The third-order valence-corrected chi connectivity index (χ3v) is 8.70. The Morgan fingerprint density at radius 2 is 1.70 bits per heavy atom. The topological polar surface area (TPSA) is 90.5 Å². The molecule has 0 aromatic heterocycles. The molecule has 2 saturated carbocycles. The molecular formula is C28H32F3N3O3. The first-order valence-corrected chi connectivity index (χ1v) is 12.9. The van der Waals surface area contributed by atoms with Gasteiger partial charge in [-0.3, -0.25) is 9.59 Å².